The Morgan fingerprint density at radius 1 is 1.14 bits per heavy atom. The van der Waals surface area contributed by atoms with Crippen LogP contribution in [0.15, 0.2) is 64.9 Å². The van der Waals surface area contributed by atoms with Crippen LogP contribution in [-0.4, -0.2) is 30.1 Å². The van der Waals surface area contributed by atoms with Crippen molar-refractivity contribution in [3.63, 3.8) is 0 Å². The molecule has 5 rings (SSSR count). The van der Waals surface area contributed by atoms with Gasteiger partial charge in [0.05, 0.1) is 29.9 Å². The van der Waals surface area contributed by atoms with Crippen LogP contribution in [0.3, 0.4) is 0 Å². The Kier molecular flexibility index (Phi) is 5.96. The van der Waals surface area contributed by atoms with Gasteiger partial charge in [-0.3, -0.25) is 19.0 Å². The average Bonchev–Trinajstić information content (AvgIpc) is 3.42. The van der Waals surface area contributed by atoms with Crippen molar-refractivity contribution in [1.82, 2.24) is 29.5 Å². The summed E-state index contributed by atoms with van der Waals surface area (Å²) in [5.74, 6) is -0.645. The van der Waals surface area contributed by atoms with Crippen LogP contribution in [-0.2, 0) is 17.8 Å². The Morgan fingerprint density at radius 2 is 1.94 bits per heavy atom. The molecule has 0 aliphatic rings. The van der Waals surface area contributed by atoms with Crippen molar-refractivity contribution in [3.05, 3.63) is 99.1 Å². The lowest BCUT2D eigenvalue weighted by Crippen LogP contribution is -2.27. The van der Waals surface area contributed by atoms with E-state index in [-0.39, 0.29) is 17.9 Å². The molecule has 1 amide bonds. The summed E-state index contributed by atoms with van der Waals surface area (Å²) in [6.45, 7) is 3.84. The van der Waals surface area contributed by atoms with Crippen LogP contribution >= 0.6 is 11.3 Å². The maximum atomic E-state index is 14.4. The molecule has 5 aromatic rings. The molecule has 0 fully saturated rings. The number of carbonyl (C=O) groups is 1. The standard InChI is InChI=1S/C25H21FN6O2S/c1-15-11-20(30-32(15)21-9-4-3-8-19(21)26)23-16(2)29-25-31(24(23)34)18(14-35-25)12-22(33)28-13-17-7-5-6-10-27-17/h3-11,14H,12-13H2,1-2H3,(H,28,33). The fourth-order valence-corrected chi connectivity index (χ4v) is 4.83. The fourth-order valence-electron chi connectivity index (χ4n) is 3.91. The third kappa shape index (κ3) is 4.35. The molecule has 0 aliphatic heterocycles. The molecule has 0 unspecified atom stereocenters. The highest BCUT2D eigenvalue weighted by molar-refractivity contribution is 7.15. The minimum atomic E-state index is -0.413. The summed E-state index contributed by atoms with van der Waals surface area (Å²) in [4.78, 5) is 35.4. The van der Waals surface area contributed by atoms with Crippen LogP contribution in [0, 0.1) is 19.7 Å². The molecule has 0 radical (unpaired) electrons. The number of nitrogens with one attached hydrogen (secondary N) is 1. The molecule has 4 aromatic heterocycles. The number of para-hydroxylation sites is 1. The van der Waals surface area contributed by atoms with Gasteiger partial charge in [-0.25, -0.2) is 14.1 Å². The number of carbonyl (C=O) groups excluding carboxylic acids is 1. The van der Waals surface area contributed by atoms with Crippen LogP contribution in [0.25, 0.3) is 21.9 Å². The van der Waals surface area contributed by atoms with E-state index in [9.17, 15) is 14.0 Å². The molecule has 0 bridgehead atoms. The number of aromatic nitrogens is 5. The van der Waals surface area contributed by atoms with Crippen LogP contribution < -0.4 is 10.9 Å². The molecule has 1 aromatic carbocycles. The predicted molar refractivity (Wildman–Crippen MR) is 131 cm³/mol. The van der Waals surface area contributed by atoms with Crippen molar-refractivity contribution in [1.29, 1.82) is 0 Å². The van der Waals surface area contributed by atoms with E-state index in [0.717, 1.165) is 5.69 Å². The third-order valence-corrected chi connectivity index (χ3v) is 6.45. The van der Waals surface area contributed by atoms with Gasteiger partial charge < -0.3 is 5.32 Å². The minimum absolute atomic E-state index is 0.0135. The number of benzene rings is 1. The Hall–Kier alpha value is -4.18. The summed E-state index contributed by atoms with van der Waals surface area (Å²) in [6.07, 6.45) is 1.68. The number of hydrogen-bond donors (Lipinski definition) is 1. The van der Waals surface area contributed by atoms with Gasteiger partial charge in [-0.05, 0) is 44.2 Å². The van der Waals surface area contributed by atoms with Crippen LogP contribution in [0.2, 0.25) is 0 Å². The molecule has 0 atom stereocenters. The molecule has 0 saturated carbocycles. The lowest BCUT2D eigenvalue weighted by molar-refractivity contribution is -0.120. The highest BCUT2D eigenvalue weighted by Crippen LogP contribution is 2.24. The summed E-state index contributed by atoms with van der Waals surface area (Å²) in [6, 6.07) is 13.5. The largest absolute Gasteiger partial charge is 0.350 e. The van der Waals surface area contributed by atoms with Gasteiger partial charge in [0.2, 0.25) is 5.91 Å². The van der Waals surface area contributed by atoms with Gasteiger partial charge in [-0.2, -0.15) is 5.10 Å². The fraction of sp³-hybridized carbons (Fsp3) is 0.160. The zero-order valence-corrected chi connectivity index (χ0v) is 19.8. The smallest absolute Gasteiger partial charge is 0.268 e. The molecule has 1 N–H and O–H groups in total. The second-order valence-electron chi connectivity index (χ2n) is 8.03. The van der Waals surface area contributed by atoms with E-state index >= 15 is 0 Å². The van der Waals surface area contributed by atoms with Gasteiger partial charge in [-0.1, -0.05) is 18.2 Å². The van der Waals surface area contributed by atoms with Crippen LogP contribution in [0.4, 0.5) is 4.39 Å². The van der Waals surface area contributed by atoms with E-state index in [0.29, 0.717) is 45.5 Å². The zero-order chi connectivity index (χ0) is 24.5. The van der Waals surface area contributed by atoms with Gasteiger partial charge in [0.25, 0.3) is 5.56 Å². The number of hydrogen-bond acceptors (Lipinski definition) is 6. The Balaban J connectivity index is 1.49. The number of amides is 1. The normalized spacial score (nSPS) is 11.2. The highest BCUT2D eigenvalue weighted by atomic mass is 32.1. The summed E-state index contributed by atoms with van der Waals surface area (Å²) in [5.41, 5.74) is 3.15. The molecule has 0 saturated heterocycles. The first kappa shape index (κ1) is 22.6. The van der Waals surface area contributed by atoms with Crippen molar-refractivity contribution >= 4 is 22.2 Å². The maximum Gasteiger partial charge on any atom is 0.268 e. The SMILES string of the molecule is Cc1nc2scc(CC(=O)NCc3ccccn3)n2c(=O)c1-c1cc(C)n(-c2ccccc2F)n1. The number of pyridine rings is 1. The van der Waals surface area contributed by atoms with E-state index in [1.165, 1.54) is 26.5 Å². The van der Waals surface area contributed by atoms with Crippen molar-refractivity contribution in [2.75, 3.05) is 0 Å². The number of fused-ring (bicyclic) bond motifs is 1. The van der Waals surface area contributed by atoms with E-state index in [4.69, 9.17) is 0 Å². The van der Waals surface area contributed by atoms with Gasteiger partial charge in [0, 0.05) is 23.0 Å². The Morgan fingerprint density at radius 3 is 2.71 bits per heavy atom. The average molecular weight is 489 g/mol. The summed E-state index contributed by atoms with van der Waals surface area (Å²) in [5, 5.41) is 9.11. The number of aryl methyl sites for hydroxylation is 2. The quantitative estimate of drug-likeness (QED) is 0.394. The molecule has 35 heavy (non-hydrogen) atoms. The second kappa shape index (κ2) is 9.22. The van der Waals surface area contributed by atoms with Crippen molar-refractivity contribution < 1.29 is 9.18 Å². The molecule has 0 aliphatic carbocycles. The third-order valence-electron chi connectivity index (χ3n) is 5.58. The predicted octanol–water partition coefficient (Wildman–Crippen LogP) is 3.62. The van der Waals surface area contributed by atoms with Crippen molar-refractivity contribution in [3.8, 4) is 16.9 Å². The first-order valence-corrected chi connectivity index (χ1v) is 11.8. The number of thiazole rings is 1. The van der Waals surface area contributed by atoms with Gasteiger partial charge in [0.15, 0.2) is 4.96 Å². The monoisotopic (exact) mass is 488 g/mol. The Bertz CT molecular complexity index is 1610. The lowest BCUT2D eigenvalue weighted by atomic mass is 10.1. The molecule has 10 heteroatoms. The molecular weight excluding hydrogens is 467 g/mol. The topological polar surface area (TPSA) is 94.2 Å². The highest BCUT2D eigenvalue weighted by Gasteiger charge is 2.20. The molecule has 8 nitrogen and oxygen atoms in total. The molecular formula is C25H21FN6O2S. The number of nitrogens with zero attached hydrogens (tertiary/aromatic N) is 5. The maximum absolute atomic E-state index is 14.4. The van der Waals surface area contributed by atoms with Crippen molar-refractivity contribution in [2.45, 2.75) is 26.8 Å². The minimum Gasteiger partial charge on any atom is -0.350 e. The molecule has 4 heterocycles. The summed E-state index contributed by atoms with van der Waals surface area (Å²) < 4.78 is 17.3. The van der Waals surface area contributed by atoms with Gasteiger partial charge in [-0.15, -0.1) is 11.3 Å². The first-order valence-electron chi connectivity index (χ1n) is 10.9. The van der Waals surface area contributed by atoms with Crippen LogP contribution in [0.5, 0.6) is 0 Å². The second-order valence-corrected chi connectivity index (χ2v) is 8.87. The lowest BCUT2D eigenvalue weighted by Gasteiger charge is -2.07. The number of halogens is 1. The van der Waals surface area contributed by atoms with Crippen molar-refractivity contribution in [2.24, 2.45) is 0 Å². The summed E-state index contributed by atoms with van der Waals surface area (Å²) >= 11 is 1.29. The molecule has 176 valence electrons. The zero-order valence-electron chi connectivity index (χ0n) is 19.0. The first-order chi connectivity index (χ1) is 16.9. The van der Waals surface area contributed by atoms with Crippen LogP contribution in [0.1, 0.15) is 22.8 Å². The van der Waals surface area contributed by atoms with E-state index < -0.39 is 5.82 Å². The van der Waals surface area contributed by atoms with E-state index in [1.54, 1.807) is 49.7 Å². The van der Waals surface area contributed by atoms with Gasteiger partial charge >= 0.3 is 0 Å². The van der Waals surface area contributed by atoms with E-state index in [2.05, 4.69) is 20.4 Å². The Labute approximate surface area is 203 Å². The molecule has 0 spiro atoms. The van der Waals surface area contributed by atoms with E-state index in [1.807, 2.05) is 18.2 Å². The number of rotatable bonds is 6. The summed E-state index contributed by atoms with van der Waals surface area (Å²) in [7, 11) is 0. The van der Waals surface area contributed by atoms with Gasteiger partial charge in [0.1, 0.15) is 17.2 Å².